The molecule has 0 fully saturated rings. The summed E-state index contributed by atoms with van der Waals surface area (Å²) in [4.78, 5) is 34.8. The van der Waals surface area contributed by atoms with Crippen molar-refractivity contribution >= 4 is 34.2 Å². The van der Waals surface area contributed by atoms with Crippen molar-refractivity contribution in [1.82, 2.24) is 0 Å². The van der Waals surface area contributed by atoms with E-state index in [1.807, 2.05) is 0 Å². The van der Waals surface area contributed by atoms with Gasteiger partial charge in [-0.3, -0.25) is 4.79 Å². The fraction of sp³-hybridized carbons (Fsp3) is 0.562. The standard InChI is InChI=1S/C16H15F6NO5S/c1-2-28-11(24)9-7-5-3-4-6-8(7)29-10(9)23-12(25)14(17,18)16(21,22)15(19,20)13(26)27/h2-6H2,1H3,(H,23,25)(H,26,27). The summed E-state index contributed by atoms with van der Waals surface area (Å²) in [6.07, 6.45) is 2.12. The number of hydrogen-bond acceptors (Lipinski definition) is 5. The number of carbonyl (C=O) groups is 3. The van der Waals surface area contributed by atoms with Gasteiger partial charge in [-0.25, -0.2) is 9.59 Å². The number of aryl methyl sites for hydroxylation is 1. The maximum Gasteiger partial charge on any atom is 0.411 e. The molecule has 0 saturated carbocycles. The average molecular weight is 447 g/mol. The zero-order valence-corrected chi connectivity index (χ0v) is 15.6. The number of ether oxygens (including phenoxy) is 1. The molecule has 29 heavy (non-hydrogen) atoms. The molecule has 162 valence electrons. The number of carboxylic acid groups (broad SMARTS) is 1. The summed E-state index contributed by atoms with van der Waals surface area (Å²) in [7, 11) is 0. The Kier molecular flexibility index (Phi) is 6.21. The van der Waals surface area contributed by atoms with Crippen LogP contribution >= 0.6 is 11.3 Å². The Labute approximate surface area is 163 Å². The van der Waals surface area contributed by atoms with Crippen molar-refractivity contribution in [2.45, 2.75) is 50.4 Å². The SMILES string of the molecule is CCOC(=O)c1c(NC(=O)C(F)(F)C(F)(F)C(F)(F)C(=O)O)sc2c1CCCC2. The number of alkyl halides is 6. The third-order valence-corrected chi connectivity index (χ3v) is 5.43. The molecule has 0 atom stereocenters. The molecule has 2 N–H and O–H groups in total. The van der Waals surface area contributed by atoms with Gasteiger partial charge in [-0.1, -0.05) is 0 Å². The lowest BCUT2D eigenvalue weighted by atomic mass is 9.95. The molecule has 6 nitrogen and oxygen atoms in total. The van der Waals surface area contributed by atoms with E-state index < -0.39 is 40.6 Å². The van der Waals surface area contributed by atoms with Crippen LogP contribution in [0.5, 0.6) is 0 Å². The molecule has 0 radical (unpaired) electrons. The number of fused-ring (bicyclic) bond motifs is 1. The van der Waals surface area contributed by atoms with Gasteiger partial charge in [0.2, 0.25) is 0 Å². The molecule has 0 saturated heterocycles. The van der Waals surface area contributed by atoms with Crippen LogP contribution in [0.15, 0.2) is 0 Å². The predicted molar refractivity (Wildman–Crippen MR) is 88.0 cm³/mol. The highest BCUT2D eigenvalue weighted by Gasteiger charge is 2.78. The third-order valence-electron chi connectivity index (χ3n) is 4.22. The molecule has 0 bridgehead atoms. The number of aliphatic carboxylic acids is 1. The van der Waals surface area contributed by atoms with E-state index in [1.165, 1.54) is 12.2 Å². The van der Waals surface area contributed by atoms with Crippen molar-refractivity contribution < 1.29 is 50.6 Å². The van der Waals surface area contributed by atoms with Crippen molar-refractivity contribution in [1.29, 1.82) is 0 Å². The summed E-state index contributed by atoms with van der Waals surface area (Å²) in [6.45, 7) is 1.35. The van der Waals surface area contributed by atoms with Crippen molar-refractivity contribution in [3.63, 3.8) is 0 Å². The Hall–Kier alpha value is -2.31. The minimum absolute atomic E-state index is 0.101. The van der Waals surface area contributed by atoms with Crippen LogP contribution in [0.1, 0.15) is 40.6 Å². The van der Waals surface area contributed by atoms with Crippen LogP contribution < -0.4 is 5.32 Å². The van der Waals surface area contributed by atoms with Crippen LogP contribution in [0.25, 0.3) is 0 Å². The van der Waals surface area contributed by atoms with E-state index in [0.717, 1.165) is 0 Å². The number of halogens is 6. The third kappa shape index (κ3) is 3.79. The maximum absolute atomic E-state index is 13.9. The second-order valence-corrected chi connectivity index (χ2v) is 7.22. The minimum atomic E-state index is -6.53. The van der Waals surface area contributed by atoms with Crippen LogP contribution in [-0.4, -0.2) is 47.3 Å². The Morgan fingerprint density at radius 1 is 1.07 bits per heavy atom. The van der Waals surface area contributed by atoms with E-state index in [0.29, 0.717) is 47.5 Å². The van der Waals surface area contributed by atoms with E-state index in [4.69, 9.17) is 9.84 Å². The van der Waals surface area contributed by atoms with Gasteiger partial charge in [0.1, 0.15) is 5.00 Å². The second kappa shape index (κ2) is 7.84. The maximum atomic E-state index is 13.9. The van der Waals surface area contributed by atoms with Crippen LogP contribution in [0.2, 0.25) is 0 Å². The lowest BCUT2D eigenvalue weighted by Crippen LogP contribution is -2.62. The van der Waals surface area contributed by atoms with E-state index >= 15 is 0 Å². The Bertz CT molecular complexity index is 838. The monoisotopic (exact) mass is 447 g/mol. The smallest absolute Gasteiger partial charge is 0.411 e. The Balaban J connectivity index is 2.43. The molecular weight excluding hydrogens is 432 g/mol. The molecule has 0 unspecified atom stereocenters. The Morgan fingerprint density at radius 3 is 2.21 bits per heavy atom. The van der Waals surface area contributed by atoms with E-state index in [2.05, 4.69) is 0 Å². The number of carboxylic acids is 1. The molecule has 0 spiro atoms. The topological polar surface area (TPSA) is 92.7 Å². The van der Waals surface area contributed by atoms with Crippen LogP contribution in [0.4, 0.5) is 31.3 Å². The van der Waals surface area contributed by atoms with Crippen LogP contribution in [0.3, 0.4) is 0 Å². The van der Waals surface area contributed by atoms with Gasteiger partial charge in [-0.2, -0.15) is 26.3 Å². The number of nitrogens with one attached hydrogen (secondary N) is 1. The molecular formula is C16H15F6NO5S. The van der Waals surface area contributed by atoms with Gasteiger partial charge in [0.25, 0.3) is 0 Å². The van der Waals surface area contributed by atoms with Gasteiger partial charge in [0.15, 0.2) is 0 Å². The first-order valence-electron chi connectivity index (χ1n) is 8.29. The van der Waals surface area contributed by atoms with Gasteiger partial charge < -0.3 is 15.2 Å². The average Bonchev–Trinajstić information content (AvgIpc) is 2.99. The highest BCUT2D eigenvalue weighted by atomic mass is 32.1. The first-order chi connectivity index (χ1) is 13.3. The number of esters is 1. The van der Waals surface area contributed by atoms with E-state index in [1.54, 1.807) is 0 Å². The molecule has 1 aliphatic rings. The predicted octanol–water partition coefficient (Wildman–Crippen LogP) is 3.73. The Morgan fingerprint density at radius 2 is 1.66 bits per heavy atom. The molecule has 1 aliphatic carbocycles. The van der Waals surface area contributed by atoms with Crippen molar-refractivity contribution in [2.75, 3.05) is 11.9 Å². The number of carbonyl (C=O) groups excluding carboxylic acids is 2. The van der Waals surface area contributed by atoms with Crippen molar-refractivity contribution in [2.24, 2.45) is 0 Å². The van der Waals surface area contributed by atoms with Gasteiger partial charge in [0, 0.05) is 4.88 Å². The molecule has 0 aliphatic heterocycles. The number of amides is 1. The van der Waals surface area contributed by atoms with Crippen molar-refractivity contribution in [3.8, 4) is 0 Å². The summed E-state index contributed by atoms with van der Waals surface area (Å²) < 4.78 is 85.9. The highest BCUT2D eigenvalue weighted by Crippen LogP contribution is 2.47. The quantitative estimate of drug-likeness (QED) is 0.491. The lowest BCUT2D eigenvalue weighted by Gasteiger charge is -2.29. The van der Waals surface area contributed by atoms with Gasteiger partial charge in [-0.15, -0.1) is 11.3 Å². The summed E-state index contributed by atoms with van der Waals surface area (Å²) >= 11 is 0.670. The molecule has 2 rings (SSSR count). The number of thiophene rings is 1. The lowest BCUT2D eigenvalue weighted by molar-refractivity contribution is -0.291. The highest BCUT2D eigenvalue weighted by molar-refractivity contribution is 7.17. The summed E-state index contributed by atoms with van der Waals surface area (Å²) in [5, 5.41) is 8.98. The zero-order valence-electron chi connectivity index (χ0n) is 14.8. The molecule has 1 amide bonds. The number of rotatable bonds is 7. The summed E-state index contributed by atoms with van der Waals surface area (Å²) in [5.41, 5.74) is 0.102. The fourth-order valence-electron chi connectivity index (χ4n) is 2.73. The van der Waals surface area contributed by atoms with Crippen LogP contribution in [-0.2, 0) is 27.2 Å². The largest absolute Gasteiger partial charge is 0.477 e. The molecule has 1 heterocycles. The molecule has 1 aromatic heterocycles. The van der Waals surface area contributed by atoms with Crippen LogP contribution in [0, 0.1) is 0 Å². The first kappa shape index (κ1) is 23.0. The van der Waals surface area contributed by atoms with E-state index in [9.17, 15) is 40.7 Å². The van der Waals surface area contributed by atoms with Crippen molar-refractivity contribution in [3.05, 3.63) is 16.0 Å². The van der Waals surface area contributed by atoms with Gasteiger partial charge >= 0.3 is 35.6 Å². The second-order valence-electron chi connectivity index (χ2n) is 6.12. The fourth-order valence-corrected chi connectivity index (χ4v) is 4.00. The molecule has 1 aromatic rings. The molecule has 0 aromatic carbocycles. The summed E-state index contributed by atoms with van der Waals surface area (Å²) in [5.74, 6) is -26.2. The normalized spacial score (nSPS) is 14.9. The zero-order chi connectivity index (χ0) is 22.2. The van der Waals surface area contributed by atoms with Gasteiger partial charge in [-0.05, 0) is 38.2 Å². The first-order valence-corrected chi connectivity index (χ1v) is 9.10. The number of hydrogen-bond donors (Lipinski definition) is 2. The minimum Gasteiger partial charge on any atom is -0.477 e. The number of anilines is 1. The van der Waals surface area contributed by atoms with E-state index in [-0.39, 0.29) is 12.2 Å². The molecule has 13 heteroatoms. The summed E-state index contributed by atoms with van der Waals surface area (Å²) in [6, 6.07) is 0. The van der Waals surface area contributed by atoms with Gasteiger partial charge in [0.05, 0.1) is 12.2 Å².